The lowest BCUT2D eigenvalue weighted by Crippen LogP contribution is -2.35. The molecule has 1 aliphatic rings. The summed E-state index contributed by atoms with van der Waals surface area (Å²) in [6, 6.07) is 11.3. The first-order chi connectivity index (χ1) is 8.66. The Morgan fingerprint density at radius 2 is 2.11 bits per heavy atom. The minimum absolute atomic E-state index is 0.138. The Hall–Kier alpha value is -1.74. The molecule has 18 heavy (non-hydrogen) atoms. The summed E-state index contributed by atoms with van der Waals surface area (Å²) in [5, 5.41) is 0.235. The molecule has 3 rings (SSSR count). The van der Waals surface area contributed by atoms with Crippen molar-refractivity contribution in [2.45, 2.75) is 19.4 Å². The van der Waals surface area contributed by atoms with E-state index < -0.39 is 0 Å². The summed E-state index contributed by atoms with van der Waals surface area (Å²) in [4.78, 5) is 14.2. The molecule has 1 aromatic heterocycles. The van der Waals surface area contributed by atoms with Crippen LogP contribution in [0.15, 0.2) is 40.8 Å². The van der Waals surface area contributed by atoms with Crippen molar-refractivity contribution in [2.24, 2.45) is 0 Å². The van der Waals surface area contributed by atoms with Gasteiger partial charge in [0.1, 0.15) is 0 Å². The monoisotopic (exact) mass is 261 g/mol. The summed E-state index contributed by atoms with van der Waals surface area (Å²) in [7, 11) is 0. The highest BCUT2D eigenvalue weighted by Gasteiger charge is 2.32. The van der Waals surface area contributed by atoms with E-state index in [2.05, 4.69) is 0 Å². The fraction of sp³-hybridized carbons (Fsp3) is 0.214. The molecule has 4 heteroatoms. The maximum Gasteiger partial charge on any atom is 0.294 e. The number of rotatable bonds is 1. The van der Waals surface area contributed by atoms with Gasteiger partial charge in [-0.05, 0) is 48.7 Å². The number of nitrogens with zero attached hydrogens (tertiary/aromatic N) is 1. The lowest BCUT2D eigenvalue weighted by atomic mass is 10.1. The number of amides is 1. The molecule has 0 aliphatic carbocycles. The van der Waals surface area contributed by atoms with Crippen LogP contribution >= 0.6 is 11.6 Å². The van der Waals surface area contributed by atoms with Crippen LogP contribution in [0.2, 0.25) is 5.22 Å². The molecular formula is C14H12ClNO2. The second-order valence-corrected chi connectivity index (χ2v) is 4.83. The summed E-state index contributed by atoms with van der Waals surface area (Å²) in [6.07, 6.45) is 0.871. The molecule has 0 saturated heterocycles. The maximum atomic E-state index is 12.4. The van der Waals surface area contributed by atoms with E-state index in [9.17, 15) is 4.79 Å². The lowest BCUT2D eigenvalue weighted by Gasteiger charge is -2.21. The normalized spacial score (nSPS) is 17.9. The van der Waals surface area contributed by atoms with E-state index in [0.717, 1.165) is 12.1 Å². The quantitative estimate of drug-likeness (QED) is 0.787. The average molecular weight is 262 g/mol. The Kier molecular flexibility index (Phi) is 2.63. The van der Waals surface area contributed by atoms with Crippen LogP contribution in [0.3, 0.4) is 0 Å². The predicted octanol–water partition coefficient (Wildman–Crippen LogP) is 3.52. The number of anilines is 1. The van der Waals surface area contributed by atoms with Crippen molar-refractivity contribution in [1.82, 2.24) is 0 Å². The molecule has 1 amide bonds. The van der Waals surface area contributed by atoms with Crippen molar-refractivity contribution >= 4 is 23.2 Å². The molecule has 0 bridgehead atoms. The zero-order chi connectivity index (χ0) is 12.7. The minimum Gasteiger partial charge on any atom is -0.440 e. The minimum atomic E-state index is -0.139. The summed E-state index contributed by atoms with van der Waals surface area (Å²) in [6.45, 7) is 2.03. The molecule has 2 heterocycles. The molecule has 0 spiro atoms. The lowest BCUT2D eigenvalue weighted by molar-refractivity contribution is 0.0955. The number of furan rings is 1. The Labute approximate surface area is 110 Å². The van der Waals surface area contributed by atoms with Crippen LogP contribution in [0.25, 0.3) is 0 Å². The molecule has 1 aliphatic heterocycles. The van der Waals surface area contributed by atoms with Gasteiger partial charge in [-0.25, -0.2) is 0 Å². The highest BCUT2D eigenvalue weighted by atomic mass is 35.5. The van der Waals surface area contributed by atoms with Gasteiger partial charge in [0, 0.05) is 11.7 Å². The molecule has 0 saturated carbocycles. The van der Waals surface area contributed by atoms with Gasteiger partial charge in [-0.15, -0.1) is 0 Å². The molecule has 92 valence electrons. The maximum absolute atomic E-state index is 12.4. The average Bonchev–Trinajstić information content (AvgIpc) is 2.91. The number of fused-ring (bicyclic) bond motifs is 1. The molecule has 1 unspecified atom stereocenters. The van der Waals surface area contributed by atoms with Crippen LogP contribution < -0.4 is 4.90 Å². The van der Waals surface area contributed by atoms with Crippen molar-refractivity contribution in [3.8, 4) is 0 Å². The Bertz CT molecular complexity index is 605. The predicted molar refractivity (Wildman–Crippen MR) is 70.1 cm³/mol. The number of carbonyl (C=O) groups excluding carboxylic acids is 1. The highest BCUT2D eigenvalue weighted by Crippen LogP contribution is 2.33. The number of hydrogen-bond acceptors (Lipinski definition) is 2. The molecule has 0 radical (unpaired) electrons. The fourth-order valence-corrected chi connectivity index (χ4v) is 2.57. The van der Waals surface area contributed by atoms with Gasteiger partial charge in [-0.3, -0.25) is 4.79 Å². The standard InChI is InChI=1S/C14H12ClNO2/c1-9-8-10-4-2-3-5-11(10)16(9)14(17)12-6-7-13(15)18-12/h2-7,9H,8H2,1H3. The van der Waals surface area contributed by atoms with E-state index in [1.165, 1.54) is 5.56 Å². The summed E-state index contributed by atoms with van der Waals surface area (Å²) >= 11 is 5.71. The van der Waals surface area contributed by atoms with E-state index in [1.54, 1.807) is 17.0 Å². The molecule has 2 aromatic rings. The second-order valence-electron chi connectivity index (χ2n) is 4.46. The van der Waals surface area contributed by atoms with E-state index in [-0.39, 0.29) is 22.9 Å². The van der Waals surface area contributed by atoms with Crippen molar-refractivity contribution in [2.75, 3.05) is 4.90 Å². The third kappa shape index (κ3) is 1.71. The first-order valence-corrected chi connectivity index (χ1v) is 6.21. The molecule has 1 atom stereocenters. The largest absolute Gasteiger partial charge is 0.440 e. The van der Waals surface area contributed by atoms with Crippen molar-refractivity contribution < 1.29 is 9.21 Å². The topological polar surface area (TPSA) is 33.5 Å². The number of benzene rings is 1. The van der Waals surface area contributed by atoms with Crippen LogP contribution in [0, 0.1) is 0 Å². The third-order valence-corrected chi connectivity index (χ3v) is 3.41. The van der Waals surface area contributed by atoms with Crippen LogP contribution in [0.4, 0.5) is 5.69 Å². The van der Waals surface area contributed by atoms with Crippen molar-refractivity contribution in [1.29, 1.82) is 0 Å². The molecule has 3 nitrogen and oxygen atoms in total. The fourth-order valence-electron chi connectivity index (χ4n) is 2.42. The molecule has 0 N–H and O–H groups in total. The SMILES string of the molecule is CC1Cc2ccccc2N1C(=O)c1ccc(Cl)o1. The van der Waals surface area contributed by atoms with Gasteiger partial charge in [-0.2, -0.15) is 0 Å². The smallest absolute Gasteiger partial charge is 0.294 e. The van der Waals surface area contributed by atoms with Crippen molar-refractivity contribution in [3.63, 3.8) is 0 Å². The summed E-state index contributed by atoms with van der Waals surface area (Å²) < 4.78 is 5.20. The van der Waals surface area contributed by atoms with Gasteiger partial charge >= 0.3 is 0 Å². The molecule has 0 fully saturated rings. The van der Waals surface area contributed by atoms with Crippen LogP contribution in [0.5, 0.6) is 0 Å². The van der Waals surface area contributed by atoms with Gasteiger partial charge in [0.2, 0.25) is 0 Å². The van der Waals surface area contributed by atoms with Crippen LogP contribution in [-0.2, 0) is 6.42 Å². The van der Waals surface area contributed by atoms with Gasteiger partial charge in [0.05, 0.1) is 0 Å². The first-order valence-electron chi connectivity index (χ1n) is 5.83. The second kappa shape index (κ2) is 4.18. The summed E-state index contributed by atoms with van der Waals surface area (Å²) in [5.41, 5.74) is 2.15. The number of halogens is 1. The number of carbonyl (C=O) groups is 1. The van der Waals surface area contributed by atoms with Gasteiger partial charge in [0.15, 0.2) is 11.0 Å². The zero-order valence-corrected chi connectivity index (χ0v) is 10.6. The van der Waals surface area contributed by atoms with E-state index in [4.69, 9.17) is 16.0 Å². The molecule has 1 aromatic carbocycles. The first kappa shape index (κ1) is 11.4. The van der Waals surface area contributed by atoms with Crippen LogP contribution in [0.1, 0.15) is 23.0 Å². The van der Waals surface area contributed by atoms with Gasteiger partial charge in [-0.1, -0.05) is 18.2 Å². The third-order valence-electron chi connectivity index (χ3n) is 3.21. The van der Waals surface area contributed by atoms with Crippen LogP contribution in [-0.4, -0.2) is 11.9 Å². The number of hydrogen-bond donors (Lipinski definition) is 0. The zero-order valence-electron chi connectivity index (χ0n) is 9.89. The number of para-hydroxylation sites is 1. The Morgan fingerprint density at radius 1 is 1.33 bits per heavy atom. The van der Waals surface area contributed by atoms with E-state index in [1.807, 2.05) is 31.2 Å². The Balaban J connectivity index is 2.00. The van der Waals surface area contributed by atoms with Crippen molar-refractivity contribution in [3.05, 3.63) is 52.9 Å². The van der Waals surface area contributed by atoms with E-state index in [0.29, 0.717) is 0 Å². The highest BCUT2D eigenvalue weighted by molar-refractivity contribution is 6.29. The Morgan fingerprint density at radius 3 is 2.83 bits per heavy atom. The van der Waals surface area contributed by atoms with E-state index >= 15 is 0 Å². The van der Waals surface area contributed by atoms with Gasteiger partial charge < -0.3 is 9.32 Å². The van der Waals surface area contributed by atoms with Gasteiger partial charge in [0.25, 0.3) is 5.91 Å². The summed E-state index contributed by atoms with van der Waals surface area (Å²) in [5.74, 6) is 0.142. The molecular weight excluding hydrogens is 250 g/mol.